The first-order valence-electron chi connectivity index (χ1n) is 12.8. The van der Waals surface area contributed by atoms with Crippen LogP contribution in [0, 0.1) is 0 Å². The molecule has 0 aliphatic carbocycles. The predicted molar refractivity (Wildman–Crippen MR) is 142 cm³/mol. The minimum Gasteiger partial charge on any atom is -0.503 e. The number of hydrogen-bond acceptors (Lipinski definition) is 4. The first-order chi connectivity index (χ1) is 17.5. The topological polar surface area (TPSA) is 95.2 Å². The Morgan fingerprint density at radius 1 is 0.833 bits per heavy atom. The van der Waals surface area contributed by atoms with Gasteiger partial charge in [-0.1, -0.05) is 69.7 Å². The molecule has 3 rings (SSSR count). The molecule has 0 bridgehead atoms. The molecule has 3 N–H and O–H groups in total. The summed E-state index contributed by atoms with van der Waals surface area (Å²) in [7, 11) is 0. The van der Waals surface area contributed by atoms with Crippen LogP contribution in [0.5, 0.6) is 5.75 Å². The number of anilines is 2. The van der Waals surface area contributed by atoms with E-state index in [-0.39, 0.29) is 24.0 Å². The molecule has 2 amide bonds. The lowest BCUT2D eigenvalue weighted by molar-refractivity contribution is -0.688. The second kappa shape index (κ2) is 14.6. The van der Waals surface area contributed by atoms with Gasteiger partial charge in [0.1, 0.15) is 11.6 Å². The summed E-state index contributed by atoms with van der Waals surface area (Å²) in [5, 5.41) is 15.3. The Labute approximate surface area is 213 Å². The molecule has 0 aliphatic heterocycles. The molecule has 0 saturated carbocycles. The Balaban J connectivity index is 1.45. The van der Waals surface area contributed by atoms with Crippen LogP contribution >= 0.6 is 0 Å². The van der Waals surface area contributed by atoms with Crippen LogP contribution in [0.3, 0.4) is 0 Å². The van der Waals surface area contributed by atoms with Crippen molar-refractivity contribution in [2.75, 3.05) is 10.6 Å². The van der Waals surface area contributed by atoms with Crippen LogP contribution in [-0.2, 0) is 22.6 Å². The summed E-state index contributed by atoms with van der Waals surface area (Å²) in [6.07, 6.45) is 12.4. The predicted octanol–water partition coefficient (Wildman–Crippen LogP) is 5.38. The lowest BCUT2D eigenvalue weighted by Crippen LogP contribution is -2.32. The molecule has 36 heavy (non-hydrogen) atoms. The molecule has 1 aromatic carbocycles. The molecule has 7 heteroatoms. The van der Waals surface area contributed by atoms with Crippen LogP contribution in [0.2, 0.25) is 0 Å². The van der Waals surface area contributed by atoms with Crippen LogP contribution in [-0.4, -0.2) is 21.9 Å². The normalized spacial score (nSPS) is 10.7. The summed E-state index contributed by atoms with van der Waals surface area (Å²) in [4.78, 5) is 29.2. The van der Waals surface area contributed by atoms with E-state index < -0.39 is 0 Å². The first-order valence-corrected chi connectivity index (χ1v) is 12.8. The Morgan fingerprint density at radius 2 is 1.50 bits per heavy atom. The molecule has 0 spiro atoms. The number of aromatic nitrogens is 2. The largest absolute Gasteiger partial charge is 0.503 e. The van der Waals surface area contributed by atoms with Gasteiger partial charge in [0.25, 0.3) is 0 Å². The van der Waals surface area contributed by atoms with Crippen molar-refractivity contribution in [2.45, 2.75) is 71.3 Å². The molecule has 2 heterocycles. The number of carbonyl (C=O) groups is 2. The van der Waals surface area contributed by atoms with Crippen LogP contribution < -0.4 is 15.2 Å². The number of pyridine rings is 2. The van der Waals surface area contributed by atoms with Gasteiger partial charge in [-0.2, -0.15) is 4.57 Å². The molecule has 190 valence electrons. The van der Waals surface area contributed by atoms with Gasteiger partial charge in [-0.3, -0.25) is 9.59 Å². The molecule has 0 aliphatic rings. The third-order valence-electron chi connectivity index (χ3n) is 5.86. The molecular formula is C29H37N4O3+. The van der Waals surface area contributed by atoms with Crippen LogP contribution in [0.25, 0.3) is 0 Å². The quantitative estimate of drug-likeness (QED) is 0.209. The van der Waals surface area contributed by atoms with E-state index in [1.807, 2.05) is 35.0 Å². The number of hydrogen-bond donors (Lipinski definition) is 3. The number of carbonyl (C=O) groups excluding carboxylic acids is 2. The van der Waals surface area contributed by atoms with Gasteiger partial charge >= 0.3 is 0 Å². The molecule has 2 aromatic heterocycles. The van der Waals surface area contributed by atoms with Crippen LogP contribution in [0.4, 0.5) is 11.6 Å². The minimum atomic E-state index is -0.184. The fourth-order valence-electron chi connectivity index (χ4n) is 4.05. The molecular weight excluding hydrogens is 452 g/mol. The standard InChI is InChI=1S/C29H36N4O3/c1-2-3-4-5-6-7-8-17-28(35)31-26-15-10-16-27(30-26)32-29(36)20-23-12-9-13-24(19-23)21-33-18-11-14-25(34)22-33/h9-16,18-19,22H,2-8,17,20-21H2,1H3,(H2-,30,31,32,34,35,36)/p+1. The highest BCUT2D eigenvalue weighted by Crippen LogP contribution is 2.13. The molecule has 0 unspecified atom stereocenters. The second-order valence-electron chi connectivity index (χ2n) is 9.11. The number of aromatic hydroxyl groups is 1. The highest BCUT2D eigenvalue weighted by atomic mass is 16.3. The van der Waals surface area contributed by atoms with Crippen molar-refractivity contribution < 1.29 is 19.3 Å². The van der Waals surface area contributed by atoms with Crippen molar-refractivity contribution in [3.05, 3.63) is 78.1 Å². The average Bonchev–Trinajstić information content (AvgIpc) is 2.84. The lowest BCUT2D eigenvalue weighted by atomic mass is 10.1. The van der Waals surface area contributed by atoms with Gasteiger partial charge in [0.05, 0.1) is 6.42 Å². The summed E-state index contributed by atoms with van der Waals surface area (Å²) >= 11 is 0. The van der Waals surface area contributed by atoms with Crippen molar-refractivity contribution in [1.82, 2.24) is 4.98 Å². The Bertz CT molecular complexity index is 1130. The summed E-state index contributed by atoms with van der Waals surface area (Å²) in [6, 6.07) is 16.4. The molecule has 0 fully saturated rings. The van der Waals surface area contributed by atoms with Crippen LogP contribution in [0.15, 0.2) is 67.0 Å². The molecule has 3 aromatic rings. The fraction of sp³-hybridized carbons (Fsp3) is 0.379. The molecule has 0 radical (unpaired) electrons. The first kappa shape index (κ1) is 26.9. The number of unbranched alkanes of at least 4 members (excludes halogenated alkanes) is 6. The number of benzene rings is 1. The summed E-state index contributed by atoms with van der Waals surface area (Å²) < 4.78 is 1.88. The summed E-state index contributed by atoms with van der Waals surface area (Å²) in [5.41, 5.74) is 1.91. The summed E-state index contributed by atoms with van der Waals surface area (Å²) in [5.74, 6) is 0.806. The number of amides is 2. The van der Waals surface area contributed by atoms with Gasteiger partial charge in [0.15, 0.2) is 18.5 Å². The molecule has 0 atom stereocenters. The van der Waals surface area contributed by atoms with Gasteiger partial charge in [0.2, 0.25) is 18.0 Å². The van der Waals surface area contributed by atoms with Crippen molar-refractivity contribution in [2.24, 2.45) is 0 Å². The van der Waals surface area contributed by atoms with E-state index in [2.05, 4.69) is 22.5 Å². The van der Waals surface area contributed by atoms with Gasteiger partial charge in [0, 0.05) is 18.1 Å². The highest BCUT2D eigenvalue weighted by Gasteiger charge is 2.10. The van der Waals surface area contributed by atoms with Crippen molar-refractivity contribution >= 4 is 23.5 Å². The zero-order valence-electron chi connectivity index (χ0n) is 21.1. The zero-order valence-corrected chi connectivity index (χ0v) is 21.1. The molecule has 0 saturated heterocycles. The van der Waals surface area contributed by atoms with Crippen molar-refractivity contribution in [3.8, 4) is 5.75 Å². The van der Waals surface area contributed by atoms with Crippen molar-refractivity contribution in [3.63, 3.8) is 0 Å². The van der Waals surface area contributed by atoms with Gasteiger partial charge in [-0.15, -0.1) is 0 Å². The maximum absolute atomic E-state index is 12.6. The Kier molecular flexibility index (Phi) is 10.9. The van der Waals surface area contributed by atoms with Crippen LogP contribution in [0.1, 0.15) is 69.4 Å². The van der Waals surface area contributed by atoms with Crippen molar-refractivity contribution in [1.29, 1.82) is 0 Å². The minimum absolute atomic E-state index is 0.0547. The van der Waals surface area contributed by atoms with E-state index >= 15 is 0 Å². The second-order valence-corrected chi connectivity index (χ2v) is 9.11. The smallest absolute Gasteiger partial charge is 0.229 e. The van der Waals surface area contributed by atoms with E-state index in [0.29, 0.717) is 24.6 Å². The van der Waals surface area contributed by atoms with Gasteiger partial charge in [-0.05, 0) is 36.2 Å². The van der Waals surface area contributed by atoms with E-state index in [4.69, 9.17) is 0 Å². The highest BCUT2D eigenvalue weighted by molar-refractivity contribution is 5.92. The third-order valence-corrected chi connectivity index (χ3v) is 5.86. The monoisotopic (exact) mass is 489 g/mol. The average molecular weight is 490 g/mol. The maximum Gasteiger partial charge on any atom is 0.229 e. The van der Waals surface area contributed by atoms with E-state index in [1.54, 1.807) is 36.5 Å². The van der Waals surface area contributed by atoms with E-state index in [9.17, 15) is 14.7 Å². The number of nitrogens with zero attached hydrogens (tertiary/aromatic N) is 2. The van der Waals surface area contributed by atoms with E-state index in [1.165, 1.54) is 32.1 Å². The van der Waals surface area contributed by atoms with Gasteiger partial charge < -0.3 is 15.7 Å². The van der Waals surface area contributed by atoms with E-state index in [0.717, 1.165) is 24.0 Å². The third kappa shape index (κ3) is 9.86. The molecule has 7 nitrogen and oxygen atoms in total. The Morgan fingerprint density at radius 3 is 2.25 bits per heavy atom. The Hall–Kier alpha value is -3.74. The number of rotatable bonds is 14. The zero-order chi connectivity index (χ0) is 25.6. The van der Waals surface area contributed by atoms with Gasteiger partial charge in [-0.25, -0.2) is 4.98 Å². The number of nitrogens with one attached hydrogen (secondary N) is 2. The SMILES string of the molecule is CCCCCCCCCC(=O)Nc1cccc(NC(=O)Cc2cccc(C[n+]3cccc(O)c3)c2)n1. The summed E-state index contributed by atoms with van der Waals surface area (Å²) in [6.45, 7) is 2.80. The lowest BCUT2D eigenvalue weighted by Gasteiger charge is -2.09. The maximum atomic E-state index is 12.6. The fourth-order valence-corrected chi connectivity index (χ4v) is 4.05.